The zero-order valence-electron chi connectivity index (χ0n) is 11.2. The second-order valence-corrected chi connectivity index (χ2v) is 5.02. The third kappa shape index (κ3) is 2.86. The minimum absolute atomic E-state index is 0.242. The van der Waals surface area contributed by atoms with Crippen LogP contribution in [0.15, 0.2) is 30.3 Å². The molecule has 0 atom stereocenters. The molecule has 0 saturated heterocycles. The molecule has 0 aromatic heterocycles. The van der Waals surface area contributed by atoms with Crippen molar-refractivity contribution < 1.29 is 9.53 Å². The molecular formula is C15H15ClN2O2. The van der Waals surface area contributed by atoms with Crippen molar-refractivity contribution in [2.45, 2.75) is 13.8 Å². The first kappa shape index (κ1) is 14.2. The lowest BCUT2D eigenvalue weighted by Gasteiger charge is -2.13. The van der Waals surface area contributed by atoms with Crippen LogP contribution in [0.4, 0.5) is 5.69 Å². The van der Waals surface area contributed by atoms with Gasteiger partial charge in [-0.25, -0.2) is 0 Å². The Bertz CT molecular complexity index is 661. The van der Waals surface area contributed by atoms with Crippen LogP contribution < -0.4 is 16.2 Å². The van der Waals surface area contributed by atoms with Gasteiger partial charge >= 0.3 is 0 Å². The van der Waals surface area contributed by atoms with Crippen LogP contribution in [0.1, 0.15) is 21.5 Å². The molecule has 0 heterocycles. The van der Waals surface area contributed by atoms with E-state index >= 15 is 0 Å². The summed E-state index contributed by atoms with van der Waals surface area (Å²) >= 11 is 5.98. The first-order valence-corrected chi connectivity index (χ1v) is 6.40. The van der Waals surface area contributed by atoms with Crippen molar-refractivity contribution >= 4 is 23.2 Å². The summed E-state index contributed by atoms with van der Waals surface area (Å²) in [6, 6.07) is 8.45. The topological polar surface area (TPSA) is 78.3 Å². The van der Waals surface area contributed by atoms with Crippen LogP contribution in [0.25, 0.3) is 0 Å². The number of nitrogens with two attached hydrogens (primary N) is 2. The Hall–Kier alpha value is -2.20. The summed E-state index contributed by atoms with van der Waals surface area (Å²) in [5, 5.41) is 0.655. The Morgan fingerprint density at radius 1 is 1.15 bits per heavy atom. The molecule has 0 fully saturated rings. The zero-order valence-corrected chi connectivity index (χ0v) is 12.0. The smallest absolute Gasteiger partial charge is 0.250 e. The molecule has 0 saturated carbocycles. The minimum atomic E-state index is -0.586. The van der Waals surface area contributed by atoms with Gasteiger partial charge in [0.2, 0.25) is 0 Å². The molecule has 0 bridgehead atoms. The van der Waals surface area contributed by atoms with E-state index in [0.717, 1.165) is 11.1 Å². The van der Waals surface area contributed by atoms with Crippen LogP contribution in [0.2, 0.25) is 5.02 Å². The summed E-state index contributed by atoms with van der Waals surface area (Å²) in [5.74, 6) is 0.619. The number of primary amides is 1. The maximum absolute atomic E-state index is 11.3. The van der Waals surface area contributed by atoms with Crippen LogP contribution in [-0.4, -0.2) is 5.91 Å². The van der Waals surface area contributed by atoms with E-state index in [4.69, 9.17) is 27.8 Å². The van der Waals surface area contributed by atoms with Gasteiger partial charge < -0.3 is 16.2 Å². The third-order valence-electron chi connectivity index (χ3n) is 2.94. The number of carbonyl (C=O) groups is 1. The Morgan fingerprint density at radius 3 is 2.30 bits per heavy atom. The second kappa shape index (κ2) is 5.43. The Kier molecular flexibility index (Phi) is 3.86. The van der Waals surface area contributed by atoms with Crippen LogP contribution in [0, 0.1) is 13.8 Å². The van der Waals surface area contributed by atoms with Gasteiger partial charge in [-0.05, 0) is 55.3 Å². The fraction of sp³-hybridized carbons (Fsp3) is 0.133. The number of hydrogen-bond donors (Lipinski definition) is 2. The van der Waals surface area contributed by atoms with Gasteiger partial charge in [0, 0.05) is 10.7 Å². The highest BCUT2D eigenvalue weighted by atomic mass is 35.5. The SMILES string of the molecule is Cc1cc(Cl)cc(C)c1Oc1ccc(N)c(C(N)=O)c1. The third-order valence-corrected chi connectivity index (χ3v) is 3.15. The first-order chi connectivity index (χ1) is 9.38. The van der Waals surface area contributed by atoms with Gasteiger partial charge in [0.1, 0.15) is 11.5 Å². The van der Waals surface area contributed by atoms with Crippen LogP contribution in [0.3, 0.4) is 0 Å². The summed E-state index contributed by atoms with van der Waals surface area (Å²) in [5.41, 5.74) is 13.3. The monoisotopic (exact) mass is 290 g/mol. The summed E-state index contributed by atoms with van der Waals surface area (Å²) in [4.78, 5) is 11.3. The molecule has 4 N–H and O–H groups in total. The Balaban J connectivity index is 2.41. The quantitative estimate of drug-likeness (QED) is 0.850. The predicted molar refractivity (Wildman–Crippen MR) is 80.4 cm³/mol. The van der Waals surface area contributed by atoms with Gasteiger partial charge in [-0.1, -0.05) is 11.6 Å². The molecule has 0 aliphatic rings. The fourth-order valence-corrected chi connectivity index (χ4v) is 2.32. The highest BCUT2D eigenvalue weighted by Gasteiger charge is 2.11. The number of amides is 1. The van der Waals surface area contributed by atoms with Crippen molar-refractivity contribution in [1.82, 2.24) is 0 Å². The molecule has 0 aliphatic carbocycles. The number of rotatable bonds is 3. The molecule has 20 heavy (non-hydrogen) atoms. The molecule has 0 radical (unpaired) electrons. The van der Waals surface area contributed by atoms with E-state index in [-0.39, 0.29) is 5.56 Å². The number of aryl methyl sites for hydroxylation is 2. The lowest BCUT2D eigenvalue weighted by molar-refractivity contribution is 0.100. The number of benzene rings is 2. The van der Waals surface area contributed by atoms with Gasteiger partial charge in [-0.2, -0.15) is 0 Å². The standard InChI is InChI=1S/C15H15ClN2O2/c1-8-5-10(16)6-9(2)14(8)20-11-3-4-13(17)12(7-11)15(18)19/h3-7H,17H2,1-2H3,(H2,18,19). The van der Waals surface area contributed by atoms with E-state index in [2.05, 4.69) is 0 Å². The molecule has 0 spiro atoms. The van der Waals surface area contributed by atoms with Gasteiger partial charge in [0.15, 0.2) is 0 Å². The Morgan fingerprint density at radius 2 is 1.75 bits per heavy atom. The fourth-order valence-electron chi connectivity index (χ4n) is 1.99. The van der Waals surface area contributed by atoms with Gasteiger partial charge in [0.25, 0.3) is 5.91 Å². The van der Waals surface area contributed by atoms with Crippen molar-refractivity contribution in [1.29, 1.82) is 0 Å². The molecule has 2 aromatic carbocycles. The van der Waals surface area contributed by atoms with E-state index in [9.17, 15) is 4.79 Å². The zero-order chi connectivity index (χ0) is 14.9. The van der Waals surface area contributed by atoms with E-state index in [0.29, 0.717) is 22.2 Å². The van der Waals surface area contributed by atoms with Crippen LogP contribution in [0.5, 0.6) is 11.5 Å². The van der Waals surface area contributed by atoms with Crippen molar-refractivity contribution in [3.63, 3.8) is 0 Å². The second-order valence-electron chi connectivity index (χ2n) is 4.58. The van der Waals surface area contributed by atoms with Crippen LogP contribution >= 0.6 is 11.6 Å². The van der Waals surface area contributed by atoms with E-state index in [1.807, 2.05) is 26.0 Å². The predicted octanol–water partition coefficient (Wildman–Crippen LogP) is 3.43. The largest absolute Gasteiger partial charge is 0.457 e. The normalized spacial score (nSPS) is 10.3. The van der Waals surface area contributed by atoms with E-state index < -0.39 is 5.91 Å². The molecule has 1 amide bonds. The highest BCUT2D eigenvalue weighted by molar-refractivity contribution is 6.30. The van der Waals surface area contributed by atoms with E-state index in [1.54, 1.807) is 12.1 Å². The summed E-state index contributed by atoms with van der Waals surface area (Å²) in [7, 11) is 0. The average molecular weight is 291 g/mol. The number of hydrogen-bond acceptors (Lipinski definition) is 3. The van der Waals surface area contributed by atoms with Gasteiger partial charge in [0.05, 0.1) is 5.56 Å². The van der Waals surface area contributed by atoms with Crippen LogP contribution in [-0.2, 0) is 0 Å². The summed E-state index contributed by atoms with van der Waals surface area (Å²) in [6.07, 6.45) is 0. The van der Waals surface area contributed by atoms with Gasteiger partial charge in [-0.15, -0.1) is 0 Å². The highest BCUT2D eigenvalue weighted by Crippen LogP contribution is 2.32. The van der Waals surface area contributed by atoms with Crippen molar-refractivity contribution in [3.05, 3.63) is 52.0 Å². The van der Waals surface area contributed by atoms with Crippen molar-refractivity contribution in [2.24, 2.45) is 5.73 Å². The minimum Gasteiger partial charge on any atom is -0.457 e. The molecule has 5 heteroatoms. The Labute approximate surface area is 122 Å². The average Bonchev–Trinajstić information content (AvgIpc) is 2.35. The number of ether oxygens (including phenoxy) is 1. The number of nitrogen functional groups attached to an aromatic ring is 1. The lowest BCUT2D eigenvalue weighted by Crippen LogP contribution is -2.13. The maximum Gasteiger partial charge on any atom is 0.250 e. The molecule has 4 nitrogen and oxygen atoms in total. The van der Waals surface area contributed by atoms with Crippen molar-refractivity contribution in [2.75, 3.05) is 5.73 Å². The summed E-state index contributed by atoms with van der Waals surface area (Å²) in [6.45, 7) is 3.81. The number of anilines is 1. The summed E-state index contributed by atoms with van der Waals surface area (Å²) < 4.78 is 5.82. The van der Waals surface area contributed by atoms with E-state index in [1.165, 1.54) is 6.07 Å². The van der Waals surface area contributed by atoms with Crippen molar-refractivity contribution in [3.8, 4) is 11.5 Å². The lowest BCUT2D eigenvalue weighted by atomic mass is 10.1. The number of carbonyl (C=O) groups excluding carboxylic acids is 1. The molecule has 2 rings (SSSR count). The molecule has 104 valence electrons. The maximum atomic E-state index is 11.3. The number of halogens is 1. The van der Waals surface area contributed by atoms with Gasteiger partial charge in [-0.3, -0.25) is 4.79 Å². The molecule has 0 aliphatic heterocycles. The first-order valence-electron chi connectivity index (χ1n) is 6.02. The molecule has 0 unspecified atom stereocenters. The molecular weight excluding hydrogens is 276 g/mol. The molecule has 2 aromatic rings.